The van der Waals surface area contributed by atoms with Gasteiger partial charge in [-0.3, -0.25) is 13.9 Å². The van der Waals surface area contributed by atoms with E-state index in [4.69, 9.17) is 4.74 Å². The van der Waals surface area contributed by atoms with Crippen molar-refractivity contribution in [1.82, 2.24) is 10.2 Å². The molecule has 8 nitrogen and oxygen atoms in total. The summed E-state index contributed by atoms with van der Waals surface area (Å²) < 4.78 is 31.8. The Kier molecular flexibility index (Phi) is 9.71. The smallest absolute Gasteiger partial charge is 0.244 e. The number of amides is 2. The number of sulfonamides is 1. The van der Waals surface area contributed by atoms with Gasteiger partial charge in [0.05, 0.1) is 19.1 Å². The Morgan fingerprint density at radius 2 is 1.69 bits per heavy atom. The Labute approximate surface area is 209 Å². The lowest BCUT2D eigenvalue weighted by Crippen LogP contribution is -2.52. The average molecular weight is 504 g/mol. The lowest BCUT2D eigenvalue weighted by Gasteiger charge is -2.32. The fourth-order valence-electron chi connectivity index (χ4n) is 3.72. The van der Waals surface area contributed by atoms with Crippen molar-refractivity contribution in [2.75, 3.05) is 24.2 Å². The van der Waals surface area contributed by atoms with Crippen molar-refractivity contribution in [2.45, 2.75) is 59.7 Å². The molecule has 0 fully saturated rings. The number of methoxy groups -OCH3 is 1. The van der Waals surface area contributed by atoms with Gasteiger partial charge in [0.1, 0.15) is 18.3 Å². The van der Waals surface area contributed by atoms with E-state index in [1.165, 1.54) is 4.90 Å². The fourth-order valence-corrected chi connectivity index (χ4v) is 4.56. The molecule has 2 aromatic rings. The second kappa shape index (κ2) is 12.1. The van der Waals surface area contributed by atoms with Gasteiger partial charge in [-0.05, 0) is 75.1 Å². The largest absolute Gasteiger partial charge is 0.497 e. The van der Waals surface area contributed by atoms with Crippen LogP contribution in [-0.2, 0) is 26.2 Å². The van der Waals surface area contributed by atoms with Crippen LogP contribution in [0.3, 0.4) is 0 Å². The summed E-state index contributed by atoms with van der Waals surface area (Å²) in [7, 11) is -2.21. The van der Waals surface area contributed by atoms with Crippen LogP contribution in [0.4, 0.5) is 5.69 Å². The summed E-state index contributed by atoms with van der Waals surface area (Å²) in [5.74, 6) is -0.156. The highest BCUT2D eigenvalue weighted by molar-refractivity contribution is 7.92. The number of hydrogen-bond donors (Lipinski definition) is 1. The van der Waals surface area contributed by atoms with E-state index < -0.39 is 28.5 Å². The van der Waals surface area contributed by atoms with Crippen molar-refractivity contribution < 1.29 is 22.7 Å². The molecule has 2 atom stereocenters. The minimum Gasteiger partial charge on any atom is -0.497 e. The Morgan fingerprint density at radius 1 is 1.06 bits per heavy atom. The van der Waals surface area contributed by atoms with E-state index in [0.717, 1.165) is 33.7 Å². The van der Waals surface area contributed by atoms with Crippen molar-refractivity contribution in [2.24, 2.45) is 0 Å². The second-order valence-corrected chi connectivity index (χ2v) is 10.9. The molecule has 0 aliphatic heterocycles. The van der Waals surface area contributed by atoms with Gasteiger partial charge in [0.25, 0.3) is 0 Å². The van der Waals surface area contributed by atoms with Crippen molar-refractivity contribution >= 4 is 27.5 Å². The number of benzene rings is 2. The highest BCUT2D eigenvalue weighted by atomic mass is 32.2. The van der Waals surface area contributed by atoms with Gasteiger partial charge in [0, 0.05) is 12.6 Å². The minimum absolute atomic E-state index is 0.0542. The van der Waals surface area contributed by atoms with Gasteiger partial charge in [-0.15, -0.1) is 0 Å². The predicted molar refractivity (Wildman–Crippen MR) is 139 cm³/mol. The van der Waals surface area contributed by atoms with E-state index in [9.17, 15) is 18.0 Å². The summed E-state index contributed by atoms with van der Waals surface area (Å²) >= 11 is 0. The van der Waals surface area contributed by atoms with Crippen LogP contribution >= 0.6 is 0 Å². The van der Waals surface area contributed by atoms with E-state index in [-0.39, 0.29) is 18.5 Å². The maximum absolute atomic E-state index is 13.6. The first-order valence-electron chi connectivity index (χ1n) is 11.6. The number of carbonyl (C=O) groups is 2. The molecular weight excluding hydrogens is 466 g/mol. The molecule has 2 amide bonds. The van der Waals surface area contributed by atoms with Crippen LogP contribution in [0.25, 0.3) is 0 Å². The molecule has 35 heavy (non-hydrogen) atoms. The molecule has 1 N–H and O–H groups in total. The first kappa shape index (κ1) is 28.2. The predicted octanol–water partition coefficient (Wildman–Crippen LogP) is 3.41. The summed E-state index contributed by atoms with van der Waals surface area (Å²) in [4.78, 5) is 28.0. The number of nitrogens with one attached hydrogen (secondary N) is 1. The molecule has 0 heterocycles. The molecule has 0 aliphatic carbocycles. The number of anilines is 1. The molecule has 2 rings (SSSR count). The Balaban J connectivity index is 2.43. The summed E-state index contributed by atoms with van der Waals surface area (Å²) in [6, 6.07) is 11.7. The van der Waals surface area contributed by atoms with Gasteiger partial charge in [-0.2, -0.15) is 0 Å². The molecule has 0 aromatic heterocycles. The topological polar surface area (TPSA) is 96.0 Å². The monoisotopic (exact) mass is 503 g/mol. The molecule has 2 aromatic carbocycles. The number of carbonyl (C=O) groups excluding carboxylic acids is 2. The lowest BCUT2D eigenvalue weighted by molar-refractivity contribution is -0.139. The molecule has 0 saturated carbocycles. The highest BCUT2D eigenvalue weighted by Gasteiger charge is 2.30. The van der Waals surface area contributed by atoms with Crippen LogP contribution in [0.5, 0.6) is 5.75 Å². The van der Waals surface area contributed by atoms with Crippen LogP contribution in [-0.4, -0.2) is 57.1 Å². The maximum atomic E-state index is 13.6. The summed E-state index contributed by atoms with van der Waals surface area (Å²) in [6.45, 7) is 8.94. The highest BCUT2D eigenvalue weighted by Crippen LogP contribution is 2.23. The molecule has 0 bridgehead atoms. The van der Waals surface area contributed by atoms with Crippen molar-refractivity contribution in [3.05, 3.63) is 59.2 Å². The molecule has 0 unspecified atom stereocenters. The first-order chi connectivity index (χ1) is 16.3. The number of aryl methyl sites for hydroxylation is 2. The third kappa shape index (κ3) is 7.99. The van der Waals surface area contributed by atoms with Gasteiger partial charge in [-0.25, -0.2) is 8.42 Å². The molecule has 0 radical (unpaired) electrons. The molecule has 0 aliphatic rings. The van der Waals surface area contributed by atoms with Crippen LogP contribution in [0, 0.1) is 13.8 Å². The molecule has 9 heteroatoms. The first-order valence-corrected chi connectivity index (χ1v) is 13.5. The van der Waals surface area contributed by atoms with Gasteiger partial charge in [0.15, 0.2) is 0 Å². The van der Waals surface area contributed by atoms with Gasteiger partial charge in [-0.1, -0.05) is 25.1 Å². The molecule has 192 valence electrons. The van der Waals surface area contributed by atoms with E-state index in [0.29, 0.717) is 11.4 Å². The fraction of sp³-hybridized carbons (Fsp3) is 0.462. The Hall–Kier alpha value is -3.07. The number of hydrogen-bond acceptors (Lipinski definition) is 5. The van der Waals surface area contributed by atoms with Crippen LogP contribution in [0.2, 0.25) is 0 Å². The van der Waals surface area contributed by atoms with Gasteiger partial charge in [0.2, 0.25) is 21.8 Å². The third-order valence-corrected chi connectivity index (χ3v) is 6.97. The zero-order valence-corrected chi connectivity index (χ0v) is 22.5. The van der Waals surface area contributed by atoms with Crippen molar-refractivity contribution in [3.8, 4) is 5.75 Å². The molecule has 0 spiro atoms. The second-order valence-electron chi connectivity index (χ2n) is 8.98. The minimum atomic E-state index is -3.77. The lowest BCUT2D eigenvalue weighted by atomic mass is 10.1. The normalized spacial score (nSPS) is 13.0. The number of rotatable bonds is 11. The Bertz CT molecular complexity index is 1130. The zero-order chi connectivity index (χ0) is 26.3. The van der Waals surface area contributed by atoms with E-state index in [1.807, 2.05) is 39.8 Å². The third-order valence-electron chi connectivity index (χ3n) is 5.83. The zero-order valence-electron chi connectivity index (χ0n) is 21.7. The van der Waals surface area contributed by atoms with Gasteiger partial charge >= 0.3 is 0 Å². The van der Waals surface area contributed by atoms with E-state index >= 15 is 0 Å². The van der Waals surface area contributed by atoms with E-state index in [1.54, 1.807) is 44.4 Å². The Morgan fingerprint density at radius 3 is 2.23 bits per heavy atom. The van der Waals surface area contributed by atoms with Gasteiger partial charge < -0.3 is 15.0 Å². The summed E-state index contributed by atoms with van der Waals surface area (Å²) in [5.41, 5.74) is 2.95. The van der Waals surface area contributed by atoms with Crippen LogP contribution in [0.1, 0.15) is 43.9 Å². The number of ether oxygens (including phenoxy) is 1. The maximum Gasteiger partial charge on any atom is 0.244 e. The number of nitrogens with zero attached hydrogens (tertiary/aromatic N) is 2. The average Bonchev–Trinajstić information content (AvgIpc) is 2.78. The summed E-state index contributed by atoms with van der Waals surface area (Å²) in [5, 5.41) is 2.91. The van der Waals surface area contributed by atoms with E-state index in [2.05, 4.69) is 5.32 Å². The molecule has 0 saturated heterocycles. The van der Waals surface area contributed by atoms with Crippen molar-refractivity contribution in [1.29, 1.82) is 0 Å². The molecular formula is C26H37N3O5S. The van der Waals surface area contributed by atoms with Crippen LogP contribution < -0.4 is 14.4 Å². The quantitative estimate of drug-likeness (QED) is 0.507. The SMILES string of the molecule is CC[C@@H](C)NC(=O)[C@H](C)N(Cc1cccc(OC)c1)C(=O)CN(c1cc(C)cc(C)c1)S(C)(=O)=O. The summed E-state index contributed by atoms with van der Waals surface area (Å²) in [6.07, 6.45) is 1.82. The van der Waals surface area contributed by atoms with Crippen LogP contribution in [0.15, 0.2) is 42.5 Å². The van der Waals surface area contributed by atoms with Crippen molar-refractivity contribution in [3.63, 3.8) is 0 Å². The standard InChI is InChI=1S/C26H37N3O5S/c1-8-20(4)27-26(31)21(5)28(16-22-10-9-11-24(15-22)34-6)25(30)17-29(35(7,32)33)23-13-18(2)12-19(3)14-23/h9-15,20-21H,8,16-17H2,1-7H3,(H,27,31)/t20-,21+/m1/s1.